The van der Waals surface area contributed by atoms with Gasteiger partial charge in [0.15, 0.2) is 0 Å². The van der Waals surface area contributed by atoms with Gasteiger partial charge in [-0.25, -0.2) is 0 Å². The first-order valence-electron chi connectivity index (χ1n) is 5.34. The Labute approximate surface area is 109 Å². The van der Waals surface area contributed by atoms with Crippen LogP contribution in [0.25, 0.3) is 11.0 Å². The highest BCUT2D eigenvalue weighted by Gasteiger charge is 2.13. The molecular weight excluding hydrogens is 252 g/mol. The first-order chi connectivity index (χ1) is 8.54. The lowest BCUT2D eigenvalue weighted by molar-refractivity contribution is 0.347. The maximum atomic E-state index is 12.2. The molecule has 0 saturated heterocycles. The standard InChI is InChI=1S/C14H11ClO3/c1-4-5-17-14-9(3)18-12-6-8(2)11(15)7-10(12)13(14)16/h1,6-7H,5H2,2-3H3. The van der Waals surface area contributed by atoms with E-state index in [0.29, 0.717) is 21.8 Å². The molecule has 0 saturated carbocycles. The number of hydrogen-bond donors (Lipinski definition) is 0. The highest BCUT2D eigenvalue weighted by molar-refractivity contribution is 6.32. The van der Waals surface area contributed by atoms with E-state index in [1.54, 1.807) is 19.1 Å². The topological polar surface area (TPSA) is 39.4 Å². The molecule has 0 aliphatic carbocycles. The monoisotopic (exact) mass is 262 g/mol. The van der Waals surface area contributed by atoms with Gasteiger partial charge in [-0.1, -0.05) is 17.5 Å². The van der Waals surface area contributed by atoms with Crippen LogP contribution in [0.5, 0.6) is 5.75 Å². The zero-order chi connectivity index (χ0) is 13.3. The number of halogens is 1. The molecular formula is C14H11ClO3. The summed E-state index contributed by atoms with van der Waals surface area (Å²) in [6.07, 6.45) is 5.10. The van der Waals surface area contributed by atoms with Crippen molar-refractivity contribution in [2.75, 3.05) is 6.61 Å². The molecule has 2 rings (SSSR count). The normalized spacial score (nSPS) is 10.3. The quantitative estimate of drug-likeness (QED) is 0.781. The van der Waals surface area contributed by atoms with Crippen molar-refractivity contribution in [1.29, 1.82) is 0 Å². The summed E-state index contributed by atoms with van der Waals surface area (Å²) >= 11 is 6.00. The summed E-state index contributed by atoms with van der Waals surface area (Å²) in [4.78, 5) is 12.2. The third-order valence-corrected chi connectivity index (χ3v) is 3.00. The van der Waals surface area contributed by atoms with E-state index in [9.17, 15) is 4.79 Å². The number of terminal acetylenes is 1. The van der Waals surface area contributed by atoms with Gasteiger partial charge in [-0.15, -0.1) is 6.42 Å². The van der Waals surface area contributed by atoms with E-state index >= 15 is 0 Å². The minimum Gasteiger partial charge on any atom is -0.473 e. The molecule has 0 fully saturated rings. The fourth-order valence-electron chi connectivity index (χ4n) is 1.69. The van der Waals surface area contributed by atoms with E-state index in [-0.39, 0.29) is 17.8 Å². The van der Waals surface area contributed by atoms with E-state index in [1.165, 1.54) is 0 Å². The highest BCUT2D eigenvalue weighted by Crippen LogP contribution is 2.25. The fraction of sp³-hybridized carbons (Fsp3) is 0.214. The second-order valence-corrected chi connectivity index (χ2v) is 4.31. The van der Waals surface area contributed by atoms with Crippen molar-refractivity contribution >= 4 is 22.6 Å². The van der Waals surface area contributed by atoms with E-state index in [1.807, 2.05) is 6.92 Å². The van der Waals surface area contributed by atoms with Crippen molar-refractivity contribution in [3.05, 3.63) is 38.7 Å². The van der Waals surface area contributed by atoms with Gasteiger partial charge in [0.05, 0.1) is 5.39 Å². The van der Waals surface area contributed by atoms with Gasteiger partial charge in [0, 0.05) is 5.02 Å². The van der Waals surface area contributed by atoms with E-state index in [0.717, 1.165) is 5.56 Å². The van der Waals surface area contributed by atoms with Crippen molar-refractivity contribution in [1.82, 2.24) is 0 Å². The minimum atomic E-state index is -0.258. The molecule has 92 valence electrons. The summed E-state index contributed by atoms with van der Waals surface area (Å²) in [6.45, 7) is 3.53. The molecule has 2 aromatic rings. The molecule has 4 heteroatoms. The summed E-state index contributed by atoms with van der Waals surface area (Å²) in [5.74, 6) is 2.86. The summed E-state index contributed by atoms with van der Waals surface area (Å²) in [5, 5.41) is 0.907. The van der Waals surface area contributed by atoms with Crippen LogP contribution in [0.2, 0.25) is 5.02 Å². The number of aryl methyl sites for hydroxylation is 2. The average Bonchev–Trinajstić information content (AvgIpc) is 2.32. The molecule has 0 bridgehead atoms. The Morgan fingerprint density at radius 3 is 2.83 bits per heavy atom. The predicted octanol–water partition coefficient (Wildman–Crippen LogP) is 3.08. The Hall–Kier alpha value is -1.92. The van der Waals surface area contributed by atoms with Crippen LogP contribution in [0, 0.1) is 26.2 Å². The Morgan fingerprint density at radius 2 is 2.17 bits per heavy atom. The van der Waals surface area contributed by atoms with Crippen molar-refractivity contribution in [3.63, 3.8) is 0 Å². The molecule has 18 heavy (non-hydrogen) atoms. The Balaban J connectivity index is 2.73. The smallest absolute Gasteiger partial charge is 0.234 e. The predicted molar refractivity (Wildman–Crippen MR) is 71.3 cm³/mol. The van der Waals surface area contributed by atoms with Crippen molar-refractivity contribution in [2.24, 2.45) is 0 Å². The van der Waals surface area contributed by atoms with Crippen molar-refractivity contribution in [2.45, 2.75) is 13.8 Å². The van der Waals surface area contributed by atoms with Crippen LogP contribution in [-0.4, -0.2) is 6.61 Å². The fourth-order valence-corrected chi connectivity index (χ4v) is 1.86. The Morgan fingerprint density at radius 1 is 1.44 bits per heavy atom. The van der Waals surface area contributed by atoms with Gasteiger partial charge >= 0.3 is 0 Å². The number of benzene rings is 1. The van der Waals surface area contributed by atoms with Gasteiger partial charge in [0.2, 0.25) is 11.2 Å². The van der Waals surface area contributed by atoms with Crippen molar-refractivity contribution < 1.29 is 9.15 Å². The third kappa shape index (κ3) is 2.07. The van der Waals surface area contributed by atoms with Crippen LogP contribution in [0.15, 0.2) is 21.3 Å². The maximum Gasteiger partial charge on any atom is 0.234 e. The van der Waals surface area contributed by atoms with Crippen molar-refractivity contribution in [3.8, 4) is 18.1 Å². The lowest BCUT2D eigenvalue weighted by Gasteiger charge is -2.07. The zero-order valence-corrected chi connectivity index (χ0v) is 10.8. The summed E-state index contributed by atoms with van der Waals surface area (Å²) in [5.41, 5.74) is 1.09. The molecule has 0 atom stereocenters. The third-order valence-electron chi connectivity index (χ3n) is 2.59. The van der Waals surface area contributed by atoms with Gasteiger partial charge in [-0.05, 0) is 31.5 Å². The van der Waals surface area contributed by atoms with Crippen LogP contribution < -0.4 is 10.2 Å². The van der Waals surface area contributed by atoms with E-state index in [4.69, 9.17) is 27.2 Å². The molecule has 0 aliphatic rings. The summed E-state index contributed by atoms with van der Waals surface area (Å²) in [6, 6.07) is 3.32. The summed E-state index contributed by atoms with van der Waals surface area (Å²) in [7, 11) is 0. The number of rotatable bonds is 2. The lowest BCUT2D eigenvalue weighted by atomic mass is 10.1. The van der Waals surface area contributed by atoms with Gasteiger partial charge in [-0.3, -0.25) is 4.79 Å². The minimum absolute atomic E-state index is 0.0245. The van der Waals surface area contributed by atoms with Crippen LogP contribution in [-0.2, 0) is 0 Å². The SMILES string of the molecule is C#CCOc1c(C)oc2cc(C)c(Cl)cc2c1=O. The van der Waals surface area contributed by atoms with E-state index < -0.39 is 0 Å². The van der Waals surface area contributed by atoms with Gasteiger partial charge in [0.1, 0.15) is 18.0 Å². The first kappa shape index (κ1) is 12.5. The second-order valence-electron chi connectivity index (χ2n) is 3.91. The molecule has 0 spiro atoms. The number of hydrogen-bond acceptors (Lipinski definition) is 3. The van der Waals surface area contributed by atoms with Crippen LogP contribution >= 0.6 is 11.6 Å². The van der Waals surface area contributed by atoms with Gasteiger partial charge < -0.3 is 9.15 Å². The maximum absolute atomic E-state index is 12.2. The Bertz CT molecular complexity index is 708. The molecule has 0 aliphatic heterocycles. The van der Waals surface area contributed by atoms with Crippen LogP contribution in [0.3, 0.4) is 0 Å². The summed E-state index contributed by atoms with van der Waals surface area (Å²) < 4.78 is 10.8. The zero-order valence-electron chi connectivity index (χ0n) is 10.0. The van der Waals surface area contributed by atoms with Crippen LogP contribution in [0.1, 0.15) is 11.3 Å². The second kappa shape index (κ2) is 4.75. The Kier molecular flexibility index (Phi) is 3.31. The average molecular weight is 263 g/mol. The molecule has 1 heterocycles. The van der Waals surface area contributed by atoms with Crippen LogP contribution in [0.4, 0.5) is 0 Å². The lowest BCUT2D eigenvalue weighted by Crippen LogP contribution is -2.10. The molecule has 1 aromatic carbocycles. The molecule has 0 radical (unpaired) electrons. The largest absolute Gasteiger partial charge is 0.473 e. The molecule has 1 aromatic heterocycles. The molecule has 0 amide bonds. The molecule has 3 nitrogen and oxygen atoms in total. The van der Waals surface area contributed by atoms with E-state index in [2.05, 4.69) is 5.92 Å². The molecule has 0 unspecified atom stereocenters. The number of ether oxygens (including phenoxy) is 1. The van der Waals surface area contributed by atoms with Gasteiger partial charge in [0.25, 0.3) is 0 Å². The van der Waals surface area contributed by atoms with Gasteiger partial charge in [-0.2, -0.15) is 0 Å². The molecule has 0 N–H and O–H groups in total. The first-order valence-corrected chi connectivity index (χ1v) is 5.72. The number of fused-ring (bicyclic) bond motifs is 1. The highest BCUT2D eigenvalue weighted by atomic mass is 35.5.